The van der Waals surface area contributed by atoms with Gasteiger partial charge in [-0.05, 0) is 18.6 Å². The Morgan fingerprint density at radius 1 is 1.46 bits per heavy atom. The van der Waals surface area contributed by atoms with Crippen molar-refractivity contribution < 1.29 is 4.74 Å². The van der Waals surface area contributed by atoms with E-state index in [4.69, 9.17) is 4.74 Å². The molecule has 1 rings (SSSR count). The second kappa shape index (κ2) is 5.49. The SMILES string of the molecule is [CH2]CC(C=Nc1ccccc1)OC. The molecule has 13 heavy (non-hydrogen) atoms. The summed E-state index contributed by atoms with van der Waals surface area (Å²) in [5.74, 6) is 0. The van der Waals surface area contributed by atoms with E-state index in [1.165, 1.54) is 0 Å². The number of nitrogens with zero attached hydrogens (tertiary/aromatic N) is 1. The van der Waals surface area contributed by atoms with E-state index in [1.54, 1.807) is 13.3 Å². The van der Waals surface area contributed by atoms with Crippen molar-refractivity contribution in [1.82, 2.24) is 0 Å². The van der Waals surface area contributed by atoms with Gasteiger partial charge >= 0.3 is 0 Å². The Morgan fingerprint density at radius 3 is 2.69 bits per heavy atom. The van der Waals surface area contributed by atoms with Crippen LogP contribution in [0.2, 0.25) is 0 Å². The van der Waals surface area contributed by atoms with Gasteiger partial charge in [-0.15, -0.1) is 0 Å². The summed E-state index contributed by atoms with van der Waals surface area (Å²) in [5.41, 5.74) is 0.943. The molecular weight excluding hydrogens is 162 g/mol. The lowest BCUT2D eigenvalue weighted by Crippen LogP contribution is -2.09. The lowest BCUT2D eigenvalue weighted by molar-refractivity contribution is 0.161. The van der Waals surface area contributed by atoms with Crippen molar-refractivity contribution in [3.05, 3.63) is 37.3 Å². The molecule has 0 heterocycles. The minimum Gasteiger partial charge on any atom is -0.376 e. The first kappa shape index (κ1) is 9.93. The summed E-state index contributed by atoms with van der Waals surface area (Å²) < 4.78 is 5.11. The van der Waals surface area contributed by atoms with Crippen LogP contribution < -0.4 is 0 Å². The molecule has 0 aliphatic rings. The summed E-state index contributed by atoms with van der Waals surface area (Å²) in [5, 5.41) is 0. The van der Waals surface area contributed by atoms with E-state index in [1.807, 2.05) is 30.3 Å². The van der Waals surface area contributed by atoms with Gasteiger partial charge in [0.2, 0.25) is 0 Å². The van der Waals surface area contributed by atoms with Gasteiger partial charge in [0.05, 0.1) is 11.8 Å². The van der Waals surface area contributed by atoms with Gasteiger partial charge in [-0.3, -0.25) is 4.99 Å². The minimum atomic E-state index is 0.0141. The van der Waals surface area contributed by atoms with Gasteiger partial charge in [0.25, 0.3) is 0 Å². The van der Waals surface area contributed by atoms with Crippen LogP contribution in [0.4, 0.5) is 5.69 Å². The molecule has 2 nitrogen and oxygen atoms in total. The van der Waals surface area contributed by atoms with Crippen molar-refractivity contribution in [2.75, 3.05) is 7.11 Å². The molecule has 2 heteroatoms. The number of hydrogen-bond acceptors (Lipinski definition) is 2. The van der Waals surface area contributed by atoms with Crippen LogP contribution in [0.5, 0.6) is 0 Å². The molecule has 1 radical (unpaired) electrons. The second-order valence-corrected chi connectivity index (χ2v) is 2.68. The number of methoxy groups -OCH3 is 1. The normalized spacial score (nSPS) is 13.4. The third-order valence-corrected chi connectivity index (χ3v) is 1.73. The zero-order valence-electron chi connectivity index (χ0n) is 7.81. The third kappa shape index (κ3) is 3.38. The topological polar surface area (TPSA) is 21.6 Å². The zero-order valence-corrected chi connectivity index (χ0v) is 7.81. The molecule has 1 aromatic rings. The van der Waals surface area contributed by atoms with Crippen LogP contribution in [0.1, 0.15) is 6.42 Å². The average molecular weight is 176 g/mol. The number of ether oxygens (including phenoxy) is 1. The monoisotopic (exact) mass is 176 g/mol. The standard InChI is InChI=1S/C11H14NO/c1-3-11(13-2)9-12-10-7-5-4-6-8-10/h4-9,11H,1,3H2,2H3. The summed E-state index contributed by atoms with van der Waals surface area (Å²) >= 11 is 0. The fraction of sp³-hybridized carbons (Fsp3) is 0.273. The smallest absolute Gasteiger partial charge is 0.0922 e. The Morgan fingerprint density at radius 2 is 2.15 bits per heavy atom. The van der Waals surface area contributed by atoms with Crippen molar-refractivity contribution in [2.45, 2.75) is 12.5 Å². The van der Waals surface area contributed by atoms with Crippen molar-refractivity contribution in [2.24, 2.45) is 4.99 Å². The molecule has 0 aliphatic heterocycles. The summed E-state index contributed by atoms with van der Waals surface area (Å²) in [6.07, 6.45) is 2.50. The Bertz CT molecular complexity index is 252. The molecule has 0 fully saturated rings. The highest BCUT2D eigenvalue weighted by Crippen LogP contribution is 2.09. The summed E-state index contributed by atoms with van der Waals surface area (Å²) in [7, 11) is 1.66. The molecule has 0 aliphatic carbocycles. The van der Waals surface area contributed by atoms with Crippen molar-refractivity contribution in [3.63, 3.8) is 0 Å². The zero-order chi connectivity index (χ0) is 9.52. The number of rotatable bonds is 4. The van der Waals surface area contributed by atoms with Crippen LogP contribution in [0.3, 0.4) is 0 Å². The average Bonchev–Trinajstić information content (AvgIpc) is 2.21. The highest BCUT2D eigenvalue weighted by molar-refractivity contribution is 5.67. The molecule has 69 valence electrons. The summed E-state index contributed by atoms with van der Waals surface area (Å²) in [6, 6.07) is 9.78. The lowest BCUT2D eigenvalue weighted by atomic mass is 10.3. The van der Waals surface area contributed by atoms with Gasteiger partial charge in [-0.1, -0.05) is 25.1 Å². The van der Waals surface area contributed by atoms with Crippen LogP contribution in [-0.2, 0) is 4.74 Å². The predicted molar refractivity (Wildman–Crippen MR) is 55.4 cm³/mol. The Hall–Kier alpha value is -1.15. The van der Waals surface area contributed by atoms with E-state index >= 15 is 0 Å². The molecule has 1 unspecified atom stereocenters. The van der Waals surface area contributed by atoms with Crippen LogP contribution in [0.15, 0.2) is 35.3 Å². The number of aliphatic imine (C=N–C) groups is 1. The molecule has 0 bridgehead atoms. The molecule has 0 N–H and O–H groups in total. The van der Waals surface area contributed by atoms with Crippen LogP contribution in [0, 0.1) is 6.92 Å². The van der Waals surface area contributed by atoms with E-state index in [0.29, 0.717) is 6.42 Å². The predicted octanol–water partition coefficient (Wildman–Crippen LogP) is 2.63. The number of hydrogen-bond donors (Lipinski definition) is 0. The van der Waals surface area contributed by atoms with E-state index < -0.39 is 0 Å². The van der Waals surface area contributed by atoms with Gasteiger partial charge in [0.1, 0.15) is 0 Å². The highest BCUT2D eigenvalue weighted by Gasteiger charge is 1.97. The molecule has 0 spiro atoms. The van der Waals surface area contributed by atoms with E-state index in [-0.39, 0.29) is 6.10 Å². The van der Waals surface area contributed by atoms with Gasteiger partial charge in [0, 0.05) is 13.3 Å². The van der Waals surface area contributed by atoms with E-state index in [9.17, 15) is 0 Å². The Labute approximate surface area is 79.3 Å². The highest BCUT2D eigenvalue weighted by atomic mass is 16.5. The fourth-order valence-corrected chi connectivity index (χ4v) is 0.937. The second-order valence-electron chi connectivity index (χ2n) is 2.68. The van der Waals surface area contributed by atoms with Crippen molar-refractivity contribution >= 4 is 11.9 Å². The maximum absolute atomic E-state index is 5.11. The van der Waals surface area contributed by atoms with Gasteiger partial charge < -0.3 is 4.74 Å². The number of para-hydroxylation sites is 1. The molecule has 1 aromatic carbocycles. The van der Waals surface area contributed by atoms with E-state index in [2.05, 4.69) is 11.9 Å². The third-order valence-electron chi connectivity index (χ3n) is 1.73. The minimum absolute atomic E-state index is 0.0141. The molecular formula is C11H14NO. The fourth-order valence-electron chi connectivity index (χ4n) is 0.937. The first-order chi connectivity index (χ1) is 6.36. The largest absolute Gasteiger partial charge is 0.376 e. The van der Waals surface area contributed by atoms with Gasteiger partial charge in [0.15, 0.2) is 0 Å². The Kier molecular flexibility index (Phi) is 4.19. The van der Waals surface area contributed by atoms with Gasteiger partial charge in [-0.2, -0.15) is 0 Å². The molecule has 0 saturated carbocycles. The first-order valence-electron chi connectivity index (χ1n) is 4.28. The quantitative estimate of drug-likeness (QED) is 0.646. The lowest BCUT2D eigenvalue weighted by Gasteiger charge is -2.04. The van der Waals surface area contributed by atoms with Crippen molar-refractivity contribution in [1.29, 1.82) is 0 Å². The molecule has 0 aromatic heterocycles. The summed E-state index contributed by atoms with van der Waals surface area (Å²) in [6.45, 7) is 3.75. The Balaban J connectivity index is 2.57. The molecule has 0 amide bonds. The maximum atomic E-state index is 5.11. The van der Waals surface area contributed by atoms with Crippen LogP contribution in [0.25, 0.3) is 0 Å². The number of benzene rings is 1. The molecule has 0 saturated heterocycles. The maximum Gasteiger partial charge on any atom is 0.0922 e. The molecule has 1 atom stereocenters. The van der Waals surface area contributed by atoms with Crippen molar-refractivity contribution in [3.8, 4) is 0 Å². The van der Waals surface area contributed by atoms with Crippen LogP contribution >= 0.6 is 0 Å². The van der Waals surface area contributed by atoms with Gasteiger partial charge in [-0.25, -0.2) is 0 Å². The summed E-state index contributed by atoms with van der Waals surface area (Å²) in [4.78, 5) is 4.26. The first-order valence-corrected chi connectivity index (χ1v) is 4.28. The van der Waals surface area contributed by atoms with E-state index in [0.717, 1.165) is 5.69 Å². The van der Waals surface area contributed by atoms with Crippen LogP contribution in [-0.4, -0.2) is 19.4 Å².